The van der Waals surface area contributed by atoms with Crippen LogP contribution in [0.1, 0.15) is 46.5 Å². The lowest BCUT2D eigenvalue weighted by Crippen LogP contribution is -2.44. The van der Waals surface area contributed by atoms with Gasteiger partial charge in [0.2, 0.25) is 5.91 Å². The van der Waals surface area contributed by atoms with Crippen LogP contribution in [0.25, 0.3) is 0 Å². The SMILES string of the molecule is CC(C)(C)C(=O)NCC1CCCCC1N. The molecule has 0 aromatic rings. The molecule has 0 saturated heterocycles. The Balaban J connectivity index is 2.33. The maximum atomic E-state index is 11.7. The Kier molecular flexibility index (Phi) is 4.14. The van der Waals surface area contributed by atoms with E-state index in [2.05, 4.69) is 5.32 Å². The molecule has 1 aliphatic rings. The van der Waals surface area contributed by atoms with Crippen molar-refractivity contribution in [3.8, 4) is 0 Å². The molecular weight excluding hydrogens is 188 g/mol. The van der Waals surface area contributed by atoms with Crippen LogP contribution in [0.15, 0.2) is 0 Å². The summed E-state index contributed by atoms with van der Waals surface area (Å²) in [7, 11) is 0. The van der Waals surface area contributed by atoms with Gasteiger partial charge >= 0.3 is 0 Å². The van der Waals surface area contributed by atoms with Crippen molar-refractivity contribution in [2.75, 3.05) is 6.54 Å². The van der Waals surface area contributed by atoms with Crippen LogP contribution in [0.4, 0.5) is 0 Å². The van der Waals surface area contributed by atoms with E-state index in [-0.39, 0.29) is 17.4 Å². The van der Waals surface area contributed by atoms with E-state index in [0.29, 0.717) is 5.92 Å². The third-order valence-electron chi connectivity index (χ3n) is 3.17. The fourth-order valence-electron chi connectivity index (χ4n) is 1.98. The summed E-state index contributed by atoms with van der Waals surface area (Å²) in [6, 6.07) is 0.277. The molecule has 1 fully saturated rings. The number of rotatable bonds is 2. The highest BCUT2D eigenvalue weighted by Gasteiger charge is 2.25. The standard InChI is InChI=1S/C12H24N2O/c1-12(2,3)11(15)14-8-9-6-4-5-7-10(9)13/h9-10H,4-8,13H2,1-3H3,(H,14,15). The lowest BCUT2D eigenvalue weighted by atomic mass is 9.84. The molecule has 1 aliphatic carbocycles. The molecule has 3 N–H and O–H groups in total. The van der Waals surface area contributed by atoms with Gasteiger partial charge in [0.05, 0.1) is 0 Å². The highest BCUT2D eigenvalue weighted by Crippen LogP contribution is 2.22. The van der Waals surface area contributed by atoms with Crippen molar-refractivity contribution in [2.24, 2.45) is 17.1 Å². The van der Waals surface area contributed by atoms with Gasteiger partial charge in [-0.1, -0.05) is 33.6 Å². The first-order valence-electron chi connectivity index (χ1n) is 5.95. The van der Waals surface area contributed by atoms with Gasteiger partial charge in [-0.25, -0.2) is 0 Å². The Morgan fingerprint density at radius 1 is 1.33 bits per heavy atom. The van der Waals surface area contributed by atoms with E-state index in [1.165, 1.54) is 12.8 Å². The van der Waals surface area contributed by atoms with Crippen LogP contribution in [0.5, 0.6) is 0 Å². The van der Waals surface area contributed by atoms with Crippen LogP contribution >= 0.6 is 0 Å². The van der Waals surface area contributed by atoms with Crippen molar-refractivity contribution in [2.45, 2.75) is 52.5 Å². The van der Waals surface area contributed by atoms with Crippen molar-refractivity contribution in [1.82, 2.24) is 5.32 Å². The third-order valence-corrected chi connectivity index (χ3v) is 3.17. The van der Waals surface area contributed by atoms with E-state index in [9.17, 15) is 4.79 Å². The van der Waals surface area contributed by atoms with Gasteiger partial charge < -0.3 is 11.1 Å². The number of amides is 1. The molecule has 88 valence electrons. The fraction of sp³-hybridized carbons (Fsp3) is 0.917. The number of hydrogen-bond donors (Lipinski definition) is 2. The average molecular weight is 212 g/mol. The summed E-state index contributed by atoms with van der Waals surface area (Å²) in [5.41, 5.74) is 5.73. The van der Waals surface area contributed by atoms with Crippen LogP contribution < -0.4 is 11.1 Å². The predicted molar refractivity (Wildman–Crippen MR) is 62.4 cm³/mol. The third kappa shape index (κ3) is 3.82. The summed E-state index contributed by atoms with van der Waals surface area (Å²) in [4.78, 5) is 11.7. The lowest BCUT2D eigenvalue weighted by Gasteiger charge is -2.29. The predicted octanol–water partition coefficient (Wildman–Crippen LogP) is 1.67. The highest BCUT2D eigenvalue weighted by atomic mass is 16.2. The van der Waals surface area contributed by atoms with Gasteiger partial charge in [-0.05, 0) is 18.8 Å². The van der Waals surface area contributed by atoms with E-state index >= 15 is 0 Å². The quantitative estimate of drug-likeness (QED) is 0.731. The number of carbonyl (C=O) groups is 1. The summed E-state index contributed by atoms with van der Waals surface area (Å²) < 4.78 is 0. The highest BCUT2D eigenvalue weighted by molar-refractivity contribution is 5.81. The number of carbonyl (C=O) groups excluding carboxylic acids is 1. The normalized spacial score (nSPS) is 27.5. The summed E-state index contributed by atoms with van der Waals surface area (Å²) in [5, 5.41) is 3.00. The number of nitrogens with one attached hydrogen (secondary N) is 1. The fourth-order valence-corrected chi connectivity index (χ4v) is 1.98. The minimum atomic E-state index is -0.293. The van der Waals surface area contributed by atoms with E-state index in [1.54, 1.807) is 0 Å². The second-order valence-corrected chi connectivity index (χ2v) is 5.67. The van der Waals surface area contributed by atoms with Crippen molar-refractivity contribution in [1.29, 1.82) is 0 Å². The Hall–Kier alpha value is -0.570. The van der Waals surface area contributed by atoms with Crippen molar-refractivity contribution >= 4 is 5.91 Å². The van der Waals surface area contributed by atoms with Gasteiger partial charge in [0.25, 0.3) is 0 Å². The Morgan fingerprint density at radius 2 is 1.93 bits per heavy atom. The van der Waals surface area contributed by atoms with Crippen LogP contribution in [-0.4, -0.2) is 18.5 Å². The van der Waals surface area contributed by atoms with Gasteiger partial charge in [-0.15, -0.1) is 0 Å². The van der Waals surface area contributed by atoms with Crippen LogP contribution in [0.3, 0.4) is 0 Å². The average Bonchev–Trinajstić information content (AvgIpc) is 2.14. The molecule has 3 heteroatoms. The van der Waals surface area contributed by atoms with Gasteiger partial charge in [-0.3, -0.25) is 4.79 Å². The maximum absolute atomic E-state index is 11.7. The molecule has 0 aliphatic heterocycles. The molecule has 0 radical (unpaired) electrons. The molecule has 15 heavy (non-hydrogen) atoms. The van der Waals surface area contributed by atoms with Crippen LogP contribution in [-0.2, 0) is 4.79 Å². The van der Waals surface area contributed by atoms with Crippen molar-refractivity contribution in [3.63, 3.8) is 0 Å². The summed E-state index contributed by atoms with van der Waals surface area (Å²) in [6.07, 6.45) is 4.76. The Morgan fingerprint density at radius 3 is 2.47 bits per heavy atom. The van der Waals surface area contributed by atoms with Crippen molar-refractivity contribution in [3.05, 3.63) is 0 Å². The zero-order valence-electron chi connectivity index (χ0n) is 10.2. The molecule has 2 unspecified atom stereocenters. The van der Waals surface area contributed by atoms with E-state index < -0.39 is 0 Å². The molecule has 0 aromatic heterocycles. The van der Waals surface area contributed by atoms with E-state index in [4.69, 9.17) is 5.73 Å². The number of hydrogen-bond acceptors (Lipinski definition) is 2. The molecular formula is C12H24N2O. The van der Waals surface area contributed by atoms with Crippen LogP contribution in [0.2, 0.25) is 0 Å². The second kappa shape index (κ2) is 4.97. The molecule has 1 rings (SSSR count). The van der Waals surface area contributed by atoms with Crippen LogP contribution in [0, 0.1) is 11.3 Å². The summed E-state index contributed by atoms with van der Waals surface area (Å²) in [5.74, 6) is 0.602. The lowest BCUT2D eigenvalue weighted by molar-refractivity contribution is -0.128. The molecule has 0 aromatic carbocycles. The molecule has 0 spiro atoms. The smallest absolute Gasteiger partial charge is 0.225 e. The monoisotopic (exact) mass is 212 g/mol. The van der Waals surface area contributed by atoms with Gasteiger partial charge in [0.1, 0.15) is 0 Å². The van der Waals surface area contributed by atoms with Gasteiger partial charge in [-0.2, -0.15) is 0 Å². The van der Waals surface area contributed by atoms with E-state index in [1.807, 2.05) is 20.8 Å². The molecule has 0 bridgehead atoms. The zero-order valence-corrected chi connectivity index (χ0v) is 10.2. The minimum Gasteiger partial charge on any atom is -0.355 e. The molecule has 0 heterocycles. The van der Waals surface area contributed by atoms with E-state index in [0.717, 1.165) is 19.4 Å². The Labute approximate surface area is 92.8 Å². The summed E-state index contributed by atoms with van der Waals surface area (Å²) >= 11 is 0. The first kappa shape index (κ1) is 12.5. The molecule has 1 saturated carbocycles. The van der Waals surface area contributed by atoms with Crippen molar-refractivity contribution < 1.29 is 4.79 Å². The molecule has 1 amide bonds. The molecule has 3 nitrogen and oxygen atoms in total. The largest absolute Gasteiger partial charge is 0.355 e. The topological polar surface area (TPSA) is 55.1 Å². The van der Waals surface area contributed by atoms with Gasteiger partial charge in [0, 0.05) is 18.0 Å². The van der Waals surface area contributed by atoms with Gasteiger partial charge in [0.15, 0.2) is 0 Å². The number of nitrogens with two attached hydrogens (primary N) is 1. The Bertz CT molecular complexity index is 220. The second-order valence-electron chi connectivity index (χ2n) is 5.67. The zero-order chi connectivity index (χ0) is 11.5. The summed E-state index contributed by atoms with van der Waals surface area (Å²) in [6.45, 7) is 6.55. The molecule has 2 atom stereocenters. The first-order chi connectivity index (χ1) is 6.91. The maximum Gasteiger partial charge on any atom is 0.225 e. The minimum absolute atomic E-state index is 0.125. The first-order valence-corrected chi connectivity index (χ1v) is 5.95.